The zero-order valence-electron chi connectivity index (χ0n) is 12.9. The minimum Gasteiger partial charge on any atom is -0.466 e. The van der Waals surface area contributed by atoms with Crippen LogP contribution in [0, 0.1) is 6.92 Å². The number of carbonyl (C=O) groups excluding carboxylic acids is 2. The number of hydrogen-bond acceptors (Lipinski definition) is 4. The second kappa shape index (κ2) is 5.72. The van der Waals surface area contributed by atoms with Gasteiger partial charge in [-0.05, 0) is 43.2 Å². The predicted octanol–water partition coefficient (Wildman–Crippen LogP) is 1.80. The van der Waals surface area contributed by atoms with Gasteiger partial charge in [0.1, 0.15) is 5.75 Å². The lowest BCUT2D eigenvalue weighted by Crippen LogP contribution is -2.58. The molecule has 3 rings (SSSR count). The van der Waals surface area contributed by atoms with E-state index < -0.39 is 17.4 Å². The number of amides is 2. The van der Waals surface area contributed by atoms with E-state index in [0.717, 1.165) is 11.1 Å². The van der Waals surface area contributed by atoms with E-state index in [4.69, 9.17) is 4.74 Å². The van der Waals surface area contributed by atoms with Crippen LogP contribution in [0.2, 0.25) is 0 Å². The molecule has 6 nitrogen and oxygen atoms in total. The normalized spacial score (nSPS) is 19.3. The third-order valence-corrected chi connectivity index (χ3v) is 3.74. The molecule has 1 unspecified atom stereocenters. The maximum atomic E-state index is 12.5. The lowest BCUT2D eigenvalue weighted by molar-refractivity contribution is -0.146. The van der Waals surface area contributed by atoms with Crippen molar-refractivity contribution in [3.05, 3.63) is 53.9 Å². The third kappa shape index (κ3) is 2.88. The number of rotatable bonds is 3. The highest BCUT2D eigenvalue weighted by Gasteiger charge is 2.47. The van der Waals surface area contributed by atoms with E-state index >= 15 is 0 Å². The number of nitrogens with zero attached hydrogens (tertiary/aromatic N) is 1. The van der Waals surface area contributed by atoms with E-state index in [0.29, 0.717) is 11.4 Å². The van der Waals surface area contributed by atoms with Gasteiger partial charge in [0.2, 0.25) is 0 Å². The van der Waals surface area contributed by atoms with Crippen molar-refractivity contribution in [1.82, 2.24) is 10.3 Å². The highest BCUT2D eigenvalue weighted by Crippen LogP contribution is 2.34. The van der Waals surface area contributed by atoms with Crippen LogP contribution in [0.1, 0.15) is 18.1 Å². The van der Waals surface area contributed by atoms with Crippen LogP contribution in [0.25, 0.3) is 0 Å². The van der Waals surface area contributed by atoms with Crippen molar-refractivity contribution >= 4 is 17.5 Å². The number of anilines is 1. The molecule has 23 heavy (non-hydrogen) atoms. The number of fused-ring (bicyclic) bond motifs is 1. The topological polar surface area (TPSA) is 80.3 Å². The Morgan fingerprint density at radius 3 is 2.96 bits per heavy atom. The summed E-state index contributed by atoms with van der Waals surface area (Å²) in [6.45, 7) is 3.66. The molecule has 0 bridgehead atoms. The molecule has 0 saturated heterocycles. The van der Waals surface area contributed by atoms with Crippen molar-refractivity contribution in [2.24, 2.45) is 0 Å². The first kappa shape index (κ1) is 15.0. The Morgan fingerprint density at radius 2 is 2.22 bits per heavy atom. The summed E-state index contributed by atoms with van der Waals surface area (Å²) in [5, 5.41) is 5.45. The average Bonchev–Trinajstić information content (AvgIpc) is 2.55. The summed E-state index contributed by atoms with van der Waals surface area (Å²) in [4.78, 5) is 28.8. The van der Waals surface area contributed by atoms with Crippen molar-refractivity contribution in [3.8, 4) is 5.75 Å². The molecular weight excluding hydrogens is 294 g/mol. The minimum absolute atomic E-state index is 0.277. The Morgan fingerprint density at radius 1 is 1.39 bits per heavy atom. The second-order valence-corrected chi connectivity index (χ2v) is 5.63. The molecule has 6 heteroatoms. The number of carbonyl (C=O) groups is 2. The van der Waals surface area contributed by atoms with Gasteiger partial charge in [0.05, 0.1) is 5.69 Å². The van der Waals surface area contributed by atoms with Gasteiger partial charge in [-0.15, -0.1) is 0 Å². The van der Waals surface area contributed by atoms with Crippen LogP contribution in [0.15, 0.2) is 42.7 Å². The van der Waals surface area contributed by atoms with Crippen LogP contribution in [-0.4, -0.2) is 22.4 Å². The smallest absolute Gasteiger partial charge is 0.278 e. The monoisotopic (exact) mass is 311 g/mol. The van der Waals surface area contributed by atoms with Crippen LogP contribution in [0.3, 0.4) is 0 Å². The van der Waals surface area contributed by atoms with Crippen LogP contribution < -0.4 is 15.4 Å². The van der Waals surface area contributed by atoms with Crippen molar-refractivity contribution in [2.45, 2.75) is 26.0 Å². The fourth-order valence-corrected chi connectivity index (χ4v) is 2.34. The van der Waals surface area contributed by atoms with E-state index in [9.17, 15) is 9.59 Å². The molecule has 1 aromatic heterocycles. The van der Waals surface area contributed by atoms with E-state index in [1.807, 2.05) is 19.1 Å². The zero-order chi connectivity index (χ0) is 16.4. The summed E-state index contributed by atoms with van der Waals surface area (Å²) in [7, 11) is 0. The molecule has 1 aromatic carbocycles. The van der Waals surface area contributed by atoms with Crippen LogP contribution in [-0.2, 0) is 16.1 Å². The van der Waals surface area contributed by atoms with Gasteiger partial charge in [0, 0.05) is 18.9 Å². The van der Waals surface area contributed by atoms with Gasteiger partial charge in [0.25, 0.3) is 17.4 Å². The number of aryl methyl sites for hydroxylation is 1. The third-order valence-electron chi connectivity index (χ3n) is 3.74. The van der Waals surface area contributed by atoms with Crippen molar-refractivity contribution < 1.29 is 14.3 Å². The number of hydrogen-bond donors (Lipinski definition) is 2. The lowest BCUT2D eigenvalue weighted by Gasteiger charge is -2.33. The van der Waals surface area contributed by atoms with Gasteiger partial charge in [-0.1, -0.05) is 12.1 Å². The van der Waals surface area contributed by atoms with Crippen molar-refractivity contribution in [3.63, 3.8) is 0 Å². The maximum Gasteiger partial charge on any atom is 0.278 e. The first-order valence-corrected chi connectivity index (χ1v) is 7.27. The average molecular weight is 311 g/mol. The molecule has 0 aliphatic carbocycles. The standard InChI is InChI=1S/C17H17N3O3/c1-11-5-6-14-13(8-11)20-16(22)17(2,23-14)15(21)19-10-12-4-3-7-18-9-12/h3-9H,10H2,1-2H3,(H,19,21)(H,20,22). The molecule has 0 spiro atoms. The molecule has 0 fully saturated rings. The van der Waals surface area contributed by atoms with E-state index in [-0.39, 0.29) is 6.54 Å². The molecule has 1 aliphatic rings. The van der Waals surface area contributed by atoms with Gasteiger partial charge in [-0.2, -0.15) is 0 Å². The maximum absolute atomic E-state index is 12.5. The minimum atomic E-state index is -1.61. The summed E-state index contributed by atoms with van der Waals surface area (Å²) in [5.74, 6) is -0.501. The summed E-state index contributed by atoms with van der Waals surface area (Å²) < 4.78 is 5.70. The highest BCUT2D eigenvalue weighted by molar-refractivity contribution is 6.15. The van der Waals surface area contributed by atoms with Crippen LogP contribution >= 0.6 is 0 Å². The quantitative estimate of drug-likeness (QED) is 0.847. The Balaban J connectivity index is 1.77. The fraction of sp³-hybridized carbons (Fsp3) is 0.235. The number of benzene rings is 1. The number of ether oxygens (including phenoxy) is 1. The molecule has 0 saturated carbocycles. The molecule has 0 radical (unpaired) electrons. The molecule has 1 aliphatic heterocycles. The summed E-state index contributed by atoms with van der Waals surface area (Å²) >= 11 is 0. The molecule has 2 aromatic rings. The number of nitrogens with one attached hydrogen (secondary N) is 2. The first-order chi connectivity index (χ1) is 11.0. The van der Waals surface area contributed by atoms with Crippen LogP contribution in [0.4, 0.5) is 5.69 Å². The summed E-state index contributed by atoms with van der Waals surface area (Å²) in [6, 6.07) is 9.04. The lowest BCUT2D eigenvalue weighted by atomic mass is 10.0. The highest BCUT2D eigenvalue weighted by atomic mass is 16.5. The summed E-state index contributed by atoms with van der Waals surface area (Å²) in [5.41, 5.74) is 0.811. The van der Waals surface area contributed by atoms with E-state index in [1.54, 1.807) is 30.6 Å². The predicted molar refractivity (Wildman–Crippen MR) is 84.9 cm³/mol. The Kier molecular flexibility index (Phi) is 3.73. The number of aromatic nitrogens is 1. The van der Waals surface area contributed by atoms with Crippen molar-refractivity contribution in [2.75, 3.05) is 5.32 Å². The summed E-state index contributed by atoms with van der Waals surface area (Å²) in [6.07, 6.45) is 3.31. The zero-order valence-corrected chi connectivity index (χ0v) is 12.9. The molecular formula is C17H17N3O3. The first-order valence-electron chi connectivity index (χ1n) is 7.27. The molecule has 1 atom stereocenters. The Bertz CT molecular complexity index is 761. The molecule has 2 amide bonds. The Labute approximate surface area is 133 Å². The second-order valence-electron chi connectivity index (χ2n) is 5.63. The largest absolute Gasteiger partial charge is 0.466 e. The fourth-order valence-electron chi connectivity index (χ4n) is 2.34. The Hall–Kier alpha value is -2.89. The van der Waals surface area contributed by atoms with Gasteiger partial charge >= 0.3 is 0 Å². The molecule has 2 N–H and O–H groups in total. The van der Waals surface area contributed by atoms with E-state index in [2.05, 4.69) is 15.6 Å². The molecule has 118 valence electrons. The van der Waals surface area contributed by atoms with Gasteiger partial charge in [-0.3, -0.25) is 14.6 Å². The SMILES string of the molecule is Cc1ccc2c(c1)NC(=O)C(C)(C(=O)NCc1cccnc1)O2. The van der Waals surface area contributed by atoms with Crippen molar-refractivity contribution in [1.29, 1.82) is 0 Å². The van der Waals surface area contributed by atoms with Gasteiger partial charge in [0.15, 0.2) is 0 Å². The number of pyridine rings is 1. The van der Waals surface area contributed by atoms with Crippen LogP contribution in [0.5, 0.6) is 5.75 Å². The van der Waals surface area contributed by atoms with Gasteiger partial charge < -0.3 is 15.4 Å². The van der Waals surface area contributed by atoms with Gasteiger partial charge in [-0.25, -0.2) is 0 Å². The van der Waals surface area contributed by atoms with E-state index in [1.165, 1.54) is 6.92 Å². The molecule has 2 heterocycles.